The molecule has 1 heterocycles. The van der Waals surface area contributed by atoms with Gasteiger partial charge in [-0.1, -0.05) is 41.4 Å². The first-order valence-electron chi connectivity index (χ1n) is 10.5. The highest BCUT2D eigenvalue weighted by Gasteiger charge is 2.48. The van der Waals surface area contributed by atoms with Crippen LogP contribution in [0.15, 0.2) is 60.2 Å². The van der Waals surface area contributed by atoms with Crippen LogP contribution in [0.5, 0.6) is 17.2 Å². The molecular weight excluding hydrogens is 512 g/mol. The summed E-state index contributed by atoms with van der Waals surface area (Å²) in [7, 11) is 4.20. The Morgan fingerprint density at radius 2 is 1.56 bits per heavy atom. The van der Waals surface area contributed by atoms with Crippen LogP contribution in [0.25, 0.3) is 5.76 Å². The first-order valence-corrected chi connectivity index (χ1v) is 11.3. The lowest BCUT2D eigenvalue weighted by atomic mass is 9.94. The monoisotopic (exact) mass is 531 g/mol. The van der Waals surface area contributed by atoms with E-state index in [1.165, 1.54) is 45.6 Å². The first-order chi connectivity index (χ1) is 17.2. The third kappa shape index (κ3) is 4.23. The lowest BCUT2D eigenvalue weighted by molar-refractivity contribution is -0.132. The van der Waals surface area contributed by atoms with Crippen molar-refractivity contribution in [1.82, 2.24) is 0 Å². The zero-order valence-corrected chi connectivity index (χ0v) is 20.9. The maximum atomic E-state index is 13.9. The Morgan fingerprint density at radius 3 is 2.19 bits per heavy atom. The summed E-state index contributed by atoms with van der Waals surface area (Å²) in [4.78, 5) is 27.9. The van der Waals surface area contributed by atoms with Crippen molar-refractivity contribution in [2.75, 3.05) is 26.2 Å². The molecule has 1 atom stereocenters. The summed E-state index contributed by atoms with van der Waals surface area (Å²) in [6, 6.07) is 12.0. The van der Waals surface area contributed by atoms with Gasteiger partial charge in [0.05, 0.1) is 48.6 Å². The Bertz CT molecular complexity index is 1410. The Labute approximate surface area is 216 Å². The van der Waals surface area contributed by atoms with Crippen molar-refractivity contribution >= 4 is 46.3 Å². The number of aliphatic hydroxyl groups excluding tert-OH is 1. The summed E-state index contributed by atoms with van der Waals surface area (Å²) in [5.74, 6) is -2.42. The molecule has 0 bridgehead atoms. The maximum absolute atomic E-state index is 13.9. The molecule has 1 amide bonds. The summed E-state index contributed by atoms with van der Waals surface area (Å²) >= 11 is 12.2. The van der Waals surface area contributed by atoms with E-state index in [-0.39, 0.29) is 38.4 Å². The highest BCUT2D eigenvalue weighted by atomic mass is 35.5. The van der Waals surface area contributed by atoms with Gasteiger partial charge in [-0.2, -0.15) is 0 Å². The SMILES string of the molecule is COc1cc(/C(O)=C2\C(=O)C(=O)N(c3ccc(F)c(Cl)c3)C2c2ccccc2OC)c(OC)cc1Cl. The number of hydrogen-bond donors (Lipinski definition) is 1. The fourth-order valence-corrected chi connectivity index (χ4v) is 4.52. The number of ketones is 1. The second kappa shape index (κ2) is 10.1. The zero-order chi connectivity index (χ0) is 26.1. The molecule has 0 aliphatic carbocycles. The van der Waals surface area contributed by atoms with Gasteiger partial charge in [0.25, 0.3) is 11.7 Å². The third-order valence-electron chi connectivity index (χ3n) is 5.79. The molecule has 0 saturated carbocycles. The number of carbonyl (C=O) groups is 2. The van der Waals surface area contributed by atoms with E-state index in [1.54, 1.807) is 24.3 Å². The standard InChI is InChI=1S/C26H20Cl2FNO6/c1-34-19-7-5-4-6-14(19)23-22(24(31)15-11-21(36-3)17(28)12-20(15)35-2)25(32)26(33)30(23)13-8-9-18(29)16(27)10-13/h4-12,23,31H,1-3H3/b24-22+. The molecule has 1 N–H and O–H groups in total. The summed E-state index contributed by atoms with van der Waals surface area (Å²) in [6.07, 6.45) is 0. The van der Waals surface area contributed by atoms with E-state index in [0.29, 0.717) is 11.3 Å². The second-order valence-corrected chi connectivity index (χ2v) is 8.51. The predicted molar refractivity (Wildman–Crippen MR) is 134 cm³/mol. The molecule has 1 aliphatic heterocycles. The van der Waals surface area contributed by atoms with Crippen molar-refractivity contribution < 1.29 is 33.3 Å². The van der Waals surface area contributed by atoms with Gasteiger partial charge in [-0.15, -0.1) is 0 Å². The van der Waals surface area contributed by atoms with Gasteiger partial charge in [0.15, 0.2) is 0 Å². The van der Waals surface area contributed by atoms with Crippen molar-refractivity contribution in [3.63, 3.8) is 0 Å². The molecule has 1 aliphatic rings. The van der Waals surface area contributed by atoms with E-state index in [1.807, 2.05) is 0 Å². The van der Waals surface area contributed by atoms with Gasteiger partial charge in [-0.25, -0.2) is 4.39 Å². The van der Waals surface area contributed by atoms with Gasteiger partial charge in [-0.3, -0.25) is 14.5 Å². The third-order valence-corrected chi connectivity index (χ3v) is 6.37. The summed E-state index contributed by atoms with van der Waals surface area (Å²) < 4.78 is 30.0. The van der Waals surface area contributed by atoms with Crippen LogP contribution in [0, 0.1) is 5.82 Å². The Morgan fingerprint density at radius 1 is 0.889 bits per heavy atom. The van der Waals surface area contributed by atoms with Crippen LogP contribution >= 0.6 is 23.2 Å². The molecule has 0 radical (unpaired) electrons. The van der Waals surface area contributed by atoms with E-state index in [4.69, 9.17) is 37.4 Å². The molecule has 1 fully saturated rings. The van der Waals surface area contributed by atoms with Crippen molar-refractivity contribution in [3.05, 3.63) is 87.2 Å². The van der Waals surface area contributed by atoms with E-state index >= 15 is 0 Å². The van der Waals surface area contributed by atoms with E-state index in [0.717, 1.165) is 11.0 Å². The van der Waals surface area contributed by atoms with Gasteiger partial charge in [0, 0.05) is 17.3 Å². The summed E-state index contributed by atoms with van der Waals surface area (Å²) in [5, 5.41) is 11.4. The Hall–Kier alpha value is -3.75. The topological polar surface area (TPSA) is 85.3 Å². The minimum atomic E-state index is -1.14. The van der Waals surface area contributed by atoms with Crippen LogP contribution < -0.4 is 19.1 Å². The number of benzene rings is 3. The molecular formula is C26H20Cl2FNO6. The van der Waals surface area contributed by atoms with Crippen molar-refractivity contribution in [2.45, 2.75) is 6.04 Å². The van der Waals surface area contributed by atoms with E-state index < -0.39 is 29.3 Å². The number of Topliss-reactive ketones (excluding diaryl/α,β-unsaturated/α-hetero) is 1. The van der Waals surface area contributed by atoms with Crippen LogP contribution in [0.2, 0.25) is 10.0 Å². The van der Waals surface area contributed by atoms with Crippen LogP contribution in [-0.4, -0.2) is 38.1 Å². The molecule has 4 rings (SSSR count). The largest absolute Gasteiger partial charge is 0.507 e. The Balaban J connectivity index is 2.04. The minimum Gasteiger partial charge on any atom is -0.507 e. The van der Waals surface area contributed by atoms with Gasteiger partial charge in [0.2, 0.25) is 0 Å². The number of methoxy groups -OCH3 is 3. The van der Waals surface area contributed by atoms with Crippen LogP contribution in [0.3, 0.4) is 0 Å². The predicted octanol–water partition coefficient (Wildman–Crippen LogP) is 5.78. The number of rotatable bonds is 6. The molecule has 7 nitrogen and oxygen atoms in total. The zero-order valence-electron chi connectivity index (χ0n) is 19.3. The number of ether oxygens (including phenoxy) is 3. The number of halogens is 3. The molecule has 1 saturated heterocycles. The van der Waals surface area contributed by atoms with Gasteiger partial charge in [-0.05, 0) is 30.3 Å². The molecule has 1 unspecified atom stereocenters. The number of carbonyl (C=O) groups excluding carboxylic acids is 2. The smallest absolute Gasteiger partial charge is 0.300 e. The minimum absolute atomic E-state index is 0.0776. The highest BCUT2D eigenvalue weighted by Crippen LogP contribution is 2.47. The van der Waals surface area contributed by atoms with Crippen LogP contribution in [0.4, 0.5) is 10.1 Å². The average Bonchev–Trinajstić information content (AvgIpc) is 3.15. The van der Waals surface area contributed by atoms with Crippen LogP contribution in [-0.2, 0) is 9.59 Å². The number of para-hydroxylation sites is 1. The summed E-state index contributed by atoms with van der Waals surface area (Å²) in [5.41, 5.74) is 0.390. The second-order valence-electron chi connectivity index (χ2n) is 7.70. The lowest BCUT2D eigenvalue weighted by Gasteiger charge is -2.27. The molecule has 0 aromatic heterocycles. The number of amides is 1. The Kier molecular flexibility index (Phi) is 7.10. The normalized spacial score (nSPS) is 16.8. The molecule has 0 spiro atoms. The average molecular weight is 532 g/mol. The fourth-order valence-electron chi connectivity index (χ4n) is 4.11. The maximum Gasteiger partial charge on any atom is 0.300 e. The first kappa shape index (κ1) is 25.3. The van der Waals surface area contributed by atoms with Crippen LogP contribution in [0.1, 0.15) is 17.2 Å². The number of nitrogens with zero attached hydrogens (tertiary/aromatic N) is 1. The molecule has 3 aromatic carbocycles. The lowest BCUT2D eigenvalue weighted by Crippen LogP contribution is -2.29. The highest BCUT2D eigenvalue weighted by molar-refractivity contribution is 6.52. The quantitative estimate of drug-likeness (QED) is 0.246. The molecule has 10 heteroatoms. The molecule has 36 heavy (non-hydrogen) atoms. The van der Waals surface area contributed by atoms with Gasteiger partial charge >= 0.3 is 0 Å². The van der Waals surface area contributed by atoms with Crippen molar-refractivity contribution in [1.29, 1.82) is 0 Å². The summed E-state index contributed by atoms with van der Waals surface area (Å²) in [6.45, 7) is 0. The fraction of sp³-hybridized carbons (Fsp3) is 0.154. The van der Waals surface area contributed by atoms with Crippen molar-refractivity contribution in [3.8, 4) is 17.2 Å². The van der Waals surface area contributed by atoms with Gasteiger partial charge < -0.3 is 19.3 Å². The molecule has 186 valence electrons. The van der Waals surface area contributed by atoms with E-state index in [9.17, 15) is 19.1 Å². The van der Waals surface area contributed by atoms with Gasteiger partial charge in [0.1, 0.15) is 28.8 Å². The molecule has 3 aromatic rings. The number of anilines is 1. The number of aliphatic hydroxyl groups is 1. The number of hydrogen-bond acceptors (Lipinski definition) is 6. The van der Waals surface area contributed by atoms with Crippen molar-refractivity contribution in [2.24, 2.45) is 0 Å². The van der Waals surface area contributed by atoms with E-state index in [2.05, 4.69) is 0 Å².